The third-order valence-corrected chi connectivity index (χ3v) is 4.17. The van der Waals surface area contributed by atoms with Crippen LogP contribution >= 0.6 is 0 Å². The molecule has 0 saturated heterocycles. The molecular weight excluding hydrogens is 370 g/mol. The van der Waals surface area contributed by atoms with Crippen molar-refractivity contribution in [2.24, 2.45) is 0 Å². The van der Waals surface area contributed by atoms with Crippen molar-refractivity contribution < 1.29 is 18.3 Å². The van der Waals surface area contributed by atoms with Crippen LogP contribution in [0.15, 0.2) is 41.5 Å². The Bertz CT molecular complexity index is 1110. The molecule has 3 aromatic rings. The number of hydrogen-bond acceptors (Lipinski definition) is 5. The topological polar surface area (TPSA) is 110 Å². The summed E-state index contributed by atoms with van der Waals surface area (Å²) in [7, 11) is 1.51. The van der Waals surface area contributed by atoms with Gasteiger partial charge in [0, 0.05) is 35.8 Å². The van der Waals surface area contributed by atoms with Gasteiger partial charge in [0.25, 0.3) is 17.4 Å². The first kappa shape index (κ1) is 19.3. The number of nitrogens with zero attached hydrogens (tertiary/aromatic N) is 1. The molecule has 28 heavy (non-hydrogen) atoms. The van der Waals surface area contributed by atoms with E-state index in [-0.39, 0.29) is 5.69 Å². The minimum atomic E-state index is -3.11. The first-order chi connectivity index (χ1) is 13.2. The first-order valence-electron chi connectivity index (χ1n) is 8.32. The maximum absolute atomic E-state index is 13.0. The summed E-state index contributed by atoms with van der Waals surface area (Å²) in [5.41, 5.74) is 6.37. The summed E-state index contributed by atoms with van der Waals surface area (Å²) in [6, 6.07) is 6.73. The number of para-hydroxylation sites is 1. The lowest BCUT2D eigenvalue weighted by Crippen LogP contribution is -2.37. The molecule has 0 unspecified atom stereocenters. The molecule has 146 valence electrons. The zero-order valence-electron chi connectivity index (χ0n) is 15.2. The number of methoxy groups -OCH3 is 1. The molecule has 9 heteroatoms. The number of alkyl halides is 2. The Labute approximate surface area is 158 Å². The summed E-state index contributed by atoms with van der Waals surface area (Å²) in [6.07, 6.45) is 3.14. The predicted molar refractivity (Wildman–Crippen MR) is 102 cm³/mol. The number of benzene rings is 1. The quantitative estimate of drug-likeness (QED) is 0.622. The number of ether oxygens (including phenoxy) is 1. The van der Waals surface area contributed by atoms with Crippen LogP contribution in [0.5, 0.6) is 5.75 Å². The van der Waals surface area contributed by atoms with E-state index in [0.29, 0.717) is 34.7 Å². The Hall–Kier alpha value is -3.49. The fourth-order valence-electron chi connectivity index (χ4n) is 2.88. The van der Waals surface area contributed by atoms with Crippen molar-refractivity contribution in [3.63, 3.8) is 0 Å². The molecule has 0 radical (unpaired) electrons. The Morgan fingerprint density at radius 3 is 2.75 bits per heavy atom. The van der Waals surface area contributed by atoms with E-state index < -0.39 is 29.5 Å². The predicted octanol–water partition coefficient (Wildman–Crippen LogP) is 2.57. The van der Waals surface area contributed by atoms with Crippen LogP contribution in [0.3, 0.4) is 0 Å². The van der Waals surface area contributed by atoms with Crippen molar-refractivity contribution in [2.75, 3.05) is 19.4 Å². The molecule has 2 heterocycles. The van der Waals surface area contributed by atoms with Gasteiger partial charge >= 0.3 is 0 Å². The van der Waals surface area contributed by atoms with Crippen LogP contribution in [0, 0.1) is 0 Å². The van der Waals surface area contributed by atoms with Gasteiger partial charge in [0.15, 0.2) is 0 Å². The van der Waals surface area contributed by atoms with Gasteiger partial charge in [-0.05, 0) is 6.07 Å². The summed E-state index contributed by atoms with van der Waals surface area (Å²) < 4.78 is 31.4. The van der Waals surface area contributed by atoms with Gasteiger partial charge in [0.05, 0.1) is 24.9 Å². The number of pyridine rings is 2. The second kappa shape index (κ2) is 7.26. The fraction of sp³-hybridized carbons (Fsp3) is 0.211. The molecule has 0 aliphatic carbocycles. The van der Waals surface area contributed by atoms with Gasteiger partial charge in [-0.15, -0.1) is 0 Å². The summed E-state index contributed by atoms with van der Waals surface area (Å²) >= 11 is 0. The maximum Gasteiger partial charge on any atom is 0.263 e. The molecule has 0 spiro atoms. The van der Waals surface area contributed by atoms with E-state index in [4.69, 9.17) is 10.5 Å². The van der Waals surface area contributed by atoms with Crippen LogP contribution < -0.4 is 21.3 Å². The summed E-state index contributed by atoms with van der Waals surface area (Å²) in [5.74, 6) is -3.54. The van der Waals surface area contributed by atoms with Crippen LogP contribution in [0.1, 0.15) is 17.3 Å². The van der Waals surface area contributed by atoms with E-state index in [2.05, 4.69) is 9.97 Å². The number of nitrogen functional groups attached to an aromatic ring is 1. The lowest BCUT2D eigenvalue weighted by Gasteiger charge is -2.15. The van der Waals surface area contributed by atoms with Gasteiger partial charge in [-0.2, -0.15) is 0 Å². The number of carbonyl (C=O) groups is 1. The van der Waals surface area contributed by atoms with E-state index >= 15 is 0 Å². The van der Waals surface area contributed by atoms with Gasteiger partial charge in [-0.1, -0.05) is 18.2 Å². The number of halogens is 2. The number of anilines is 1. The minimum Gasteiger partial charge on any atom is -0.496 e. The van der Waals surface area contributed by atoms with Crippen molar-refractivity contribution in [2.45, 2.75) is 12.8 Å². The summed E-state index contributed by atoms with van der Waals surface area (Å²) in [6.45, 7) is -0.246. The molecule has 0 atom stereocenters. The molecular formula is C19H18F2N4O3. The van der Waals surface area contributed by atoms with Gasteiger partial charge in [0.2, 0.25) is 0 Å². The largest absolute Gasteiger partial charge is 0.496 e. The first-order valence-corrected chi connectivity index (χ1v) is 8.32. The Morgan fingerprint density at radius 1 is 1.32 bits per heavy atom. The van der Waals surface area contributed by atoms with Crippen molar-refractivity contribution in [3.8, 4) is 16.9 Å². The number of amides is 1. The zero-order valence-corrected chi connectivity index (χ0v) is 15.2. The monoisotopic (exact) mass is 388 g/mol. The number of nitrogens with two attached hydrogens (primary N) is 1. The third kappa shape index (κ3) is 3.64. The van der Waals surface area contributed by atoms with E-state index in [0.717, 1.165) is 0 Å². The summed E-state index contributed by atoms with van der Waals surface area (Å²) in [4.78, 5) is 31.5. The molecule has 0 bridgehead atoms. The number of aromatic nitrogens is 2. The maximum atomic E-state index is 13.0. The molecule has 7 nitrogen and oxygen atoms in total. The van der Waals surface area contributed by atoms with Gasteiger partial charge in [-0.3, -0.25) is 14.6 Å². The molecule has 0 fully saturated rings. The number of carbonyl (C=O) groups excluding carboxylic acids is 1. The number of H-pyrrole nitrogens is 1. The van der Waals surface area contributed by atoms with E-state index in [1.807, 2.05) is 5.32 Å². The zero-order chi connectivity index (χ0) is 20.5. The molecule has 0 aliphatic rings. The van der Waals surface area contributed by atoms with Crippen LogP contribution in [0.4, 0.5) is 14.5 Å². The fourth-order valence-corrected chi connectivity index (χ4v) is 2.88. The Morgan fingerprint density at radius 2 is 2.07 bits per heavy atom. The van der Waals surface area contributed by atoms with Gasteiger partial charge in [-0.25, -0.2) is 8.78 Å². The highest BCUT2D eigenvalue weighted by Crippen LogP contribution is 2.34. The second-order valence-corrected chi connectivity index (χ2v) is 6.30. The van der Waals surface area contributed by atoms with Crippen molar-refractivity contribution in [1.82, 2.24) is 15.3 Å². The van der Waals surface area contributed by atoms with E-state index in [1.165, 1.54) is 7.11 Å². The highest BCUT2D eigenvalue weighted by Gasteiger charge is 2.25. The van der Waals surface area contributed by atoms with Crippen LogP contribution in [-0.4, -0.2) is 35.5 Å². The van der Waals surface area contributed by atoms with E-state index in [1.54, 1.807) is 36.7 Å². The highest BCUT2D eigenvalue weighted by atomic mass is 19.3. The summed E-state index contributed by atoms with van der Waals surface area (Å²) in [5, 5.41) is 2.43. The van der Waals surface area contributed by atoms with Gasteiger partial charge in [0.1, 0.15) is 11.3 Å². The molecule has 3 rings (SSSR count). The Balaban J connectivity index is 2.16. The van der Waals surface area contributed by atoms with Crippen molar-refractivity contribution >= 4 is 22.5 Å². The number of hydrogen-bond donors (Lipinski definition) is 3. The van der Waals surface area contributed by atoms with Gasteiger partial charge < -0.3 is 20.8 Å². The van der Waals surface area contributed by atoms with Crippen LogP contribution in [-0.2, 0) is 0 Å². The Kier molecular flexibility index (Phi) is 5.00. The van der Waals surface area contributed by atoms with Crippen LogP contribution in [0.25, 0.3) is 22.0 Å². The number of aromatic amines is 1. The average molecular weight is 388 g/mol. The third-order valence-electron chi connectivity index (χ3n) is 4.17. The molecule has 0 aliphatic heterocycles. The molecule has 1 aromatic carbocycles. The van der Waals surface area contributed by atoms with Crippen molar-refractivity contribution in [3.05, 3.63) is 52.6 Å². The smallest absolute Gasteiger partial charge is 0.263 e. The number of rotatable bonds is 5. The van der Waals surface area contributed by atoms with Crippen molar-refractivity contribution in [1.29, 1.82) is 0 Å². The molecule has 1 amide bonds. The molecule has 2 aromatic heterocycles. The average Bonchev–Trinajstić information content (AvgIpc) is 2.65. The second-order valence-electron chi connectivity index (χ2n) is 6.30. The lowest BCUT2D eigenvalue weighted by atomic mass is 10.0. The normalized spacial score (nSPS) is 11.4. The number of fused-ring (bicyclic) bond motifs is 1. The number of nitrogens with one attached hydrogen (secondary N) is 2. The minimum absolute atomic E-state index is 0.0969. The highest BCUT2D eigenvalue weighted by molar-refractivity contribution is 6.09. The lowest BCUT2D eigenvalue weighted by molar-refractivity contribution is 0.0221. The van der Waals surface area contributed by atoms with E-state index in [9.17, 15) is 18.4 Å². The molecule has 0 saturated carbocycles. The standard InChI is InChI=1S/C19H18F2N4O3/c1-19(20,21)9-24-17(26)14-15(22)11-5-3-4-10(16(11)25-18(14)27)12-8-23-7-6-13(12)28-2/h3-8H,9H2,1-2H3,(H,24,26)(H3,22,25,27). The SMILES string of the molecule is COc1ccncc1-c1cccc2c(N)c(C(=O)NCC(C)(F)F)c(=O)[nH]c12. The molecule has 4 N–H and O–H groups in total. The van der Waals surface area contributed by atoms with Crippen LogP contribution in [0.2, 0.25) is 0 Å².